The predicted octanol–water partition coefficient (Wildman–Crippen LogP) is 0.679. The molecule has 0 radical (unpaired) electrons. The van der Waals surface area contributed by atoms with Gasteiger partial charge in [0, 0.05) is 0 Å². The Morgan fingerprint density at radius 3 is 2.29 bits per heavy atom. The molecule has 2 unspecified atom stereocenters. The summed E-state index contributed by atoms with van der Waals surface area (Å²) in [5.41, 5.74) is 5.39. The molecule has 0 aromatic heterocycles. The highest BCUT2D eigenvalue weighted by atomic mass is 16.4. The molecule has 5 heteroatoms. The summed E-state index contributed by atoms with van der Waals surface area (Å²) in [6, 6.07) is -1.07. The zero-order valence-corrected chi connectivity index (χ0v) is 8.27. The van der Waals surface area contributed by atoms with Crippen molar-refractivity contribution in [3.63, 3.8) is 0 Å². The van der Waals surface area contributed by atoms with Crippen molar-refractivity contribution in [3.8, 4) is 0 Å². The van der Waals surface area contributed by atoms with Crippen molar-refractivity contribution in [2.75, 3.05) is 0 Å². The highest BCUT2D eigenvalue weighted by Gasteiger charge is 2.25. The molecule has 0 saturated carbocycles. The first-order valence-electron chi connectivity index (χ1n) is 4.69. The number of carboxylic acid groups (broad SMARTS) is 2. The third-order valence-electron chi connectivity index (χ3n) is 2.16. The molecule has 0 aliphatic carbocycles. The summed E-state index contributed by atoms with van der Waals surface area (Å²) >= 11 is 0. The molecule has 5 nitrogen and oxygen atoms in total. The number of rotatable bonds is 7. The monoisotopic (exact) mass is 203 g/mol. The van der Waals surface area contributed by atoms with Gasteiger partial charge in [-0.15, -0.1) is 0 Å². The highest BCUT2D eigenvalue weighted by Crippen LogP contribution is 2.16. The molecule has 0 aliphatic heterocycles. The van der Waals surface area contributed by atoms with Crippen LogP contribution in [0.25, 0.3) is 0 Å². The number of hydrogen-bond acceptors (Lipinski definition) is 3. The standard InChI is InChI=1S/C9H17NO4/c1-2-3-4-6(5-7(11)12)8(10)9(13)14/h6,8H,2-5,10H2,1H3,(H,11,12)(H,13,14). The van der Waals surface area contributed by atoms with Crippen LogP contribution in [0.5, 0.6) is 0 Å². The molecule has 0 rings (SSSR count). The van der Waals surface area contributed by atoms with Crippen molar-refractivity contribution in [1.82, 2.24) is 0 Å². The number of aliphatic carboxylic acids is 2. The van der Waals surface area contributed by atoms with E-state index in [9.17, 15) is 9.59 Å². The Bertz CT molecular complexity index is 205. The molecular formula is C9H17NO4. The Morgan fingerprint density at radius 2 is 1.93 bits per heavy atom. The molecular weight excluding hydrogens is 186 g/mol. The van der Waals surface area contributed by atoms with E-state index in [1.807, 2.05) is 6.92 Å². The summed E-state index contributed by atoms with van der Waals surface area (Å²) in [4.78, 5) is 21.0. The highest BCUT2D eigenvalue weighted by molar-refractivity contribution is 5.75. The summed E-state index contributed by atoms with van der Waals surface area (Å²) in [7, 11) is 0. The van der Waals surface area contributed by atoms with Crippen LogP contribution >= 0.6 is 0 Å². The Kier molecular flexibility index (Phi) is 5.87. The number of carbonyl (C=O) groups is 2. The van der Waals surface area contributed by atoms with Gasteiger partial charge < -0.3 is 15.9 Å². The van der Waals surface area contributed by atoms with E-state index in [4.69, 9.17) is 15.9 Å². The minimum Gasteiger partial charge on any atom is -0.481 e. The van der Waals surface area contributed by atoms with Crippen LogP contribution < -0.4 is 5.73 Å². The molecule has 0 saturated heterocycles. The Balaban J connectivity index is 4.22. The average molecular weight is 203 g/mol. The van der Waals surface area contributed by atoms with Crippen LogP contribution in [0.4, 0.5) is 0 Å². The smallest absolute Gasteiger partial charge is 0.320 e. The van der Waals surface area contributed by atoms with E-state index in [-0.39, 0.29) is 6.42 Å². The van der Waals surface area contributed by atoms with E-state index >= 15 is 0 Å². The second-order valence-electron chi connectivity index (χ2n) is 3.36. The lowest BCUT2D eigenvalue weighted by molar-refractivity contribution is -0.142. The fraction of sp³-hybridized carbons (Fsp3) is 0.778. The summed E-state index contributed by atoms with van der Waals surface area (Å²) in [5, 5.41) is 17.2. The SMILES string of the molecule is CCCCC(CC(=O)O)C(N)C(=O)O. The van der Waals surface area contributed by atoms with Gasteiger partial charge >= 0.3 is 11.9 Å². The minimum atomic E-state index is -1.13. The van der Waals surface area contributed by atoms with Crippen molar-refractivity contribution in [2.45, 2.75) is 38.6 Å². The number of hydrogen-bond donors (Lipinski definition) is 3. The van der Waals surface area contributed by atoms with Crippen LogP contribution in [-0.2, 0) is 9.59 Å². The first-order chi connectivity index (χ1) is 6.49. The maximum atomic E-state index is 10.6. The van der Waals surface area contributed by atoms with E-state index in [1.165, 1.54) is 0 Å². The van der Waals surface area contributed by atoms with Gasteiger partial charge in [-0.05, 0) is 12.3 Å². The Labute approximate surface area is 82.9 Å². The van der Waals surface area contributed by atoms with Gasteiger partial charge in [-0.3, -0.25) is 9.59 Å². The molecule has 0 spiro atoms. The zero-order chi connectivity index (χ0) is 11.1. The van der Waals surface area contributed by atoms with Crippen LogP contribution in [0.15, 0.2) is 0 Å². The molecule has 0 aromatic carbocycles. The summed E-state index contributed by atoms with van der Waals surface area (Å²) in [6.45, 7) is 1.96. The maximum Gasteiger partial charge on any atom is 0.320 e. The van der Waals surface area contributed by atoms with Gasteiger partial charge in [0.1, 0.15) is 6.04 Å². The molecule has 0 aromatic rings. The van der Waals surface area contributed by atoms with Crippen LogP contribution in [0, 0.1) is 5.92 Å². The zero-order valence-electron chi connectivity index (χ0n) is 8.27. The lowest BCUT2D eigenvalue weighted by Crippen LogP contribution is -2.39. The van der Waals surface area contributed by atoms with Crippen molar-refractivity contribution in [1.29, 1.82) is 0 Å². The quantitative estimate of drug-likeness (QED) is 0.564. The summed E-state index contributed by atoms with van der Waals surface area (Å²) < 4.78 is 0. The van der Waals surface area contributed by atoms with Gasteiger partial charge in [0.15, 0.2) is 0 Å². The van der Waals surface area contributed by atoms with Gasteiger partial charge in [-0.25, -0.2) is 0 Å². The van der Waals surface area contributed by atoms with E-state index < -0.39 is 23.9 Å². The first kappa shape index (κ1) is 12.9. The van der Waals surface area contributed by atoms with Gasteiger partial charge in [-0.2, -0.15) is 0 Å². The van der Waals surface area contributed by atoms with Crippen molar-refractivity contribution < 1.29 is 19.8 Å². The molecule has 0 amide bonds. The molecule has 0 fully saturated rings. The number of nitrogens with two attached hydrogens (primary N) is 1. The topological polar surface area (TPSA) is 101 Å². The number of carboxylic acids is 2. The van der Waals surface area contributed by atoms with Crippen molar-refractivity contribution in [3.05, 3.63) is 0 Å². The average Bonchev–Trinajstić information content (AvgIpc) is 2.10. The second-order valence-corrected chi connectivity index (χ2v) is 3.36. The normalized spacial score (nSPS) is 14.7. The van der Waals surface area contributed by atoms with Crippen LogP contribution in [0.3, 0.4) is 0 Å². The lowest BCUT2D eigenvalue weighted by atomic mass is 9.91. The fourth-order valence-electron chi connectivity index (χ4n) is 1.30. The molecule has 0 bridgehead atoms. The van der Waals surface area contributed by atoms with E-state index in [0.717, 1.165) is 12.8 Å². The first-order valence-corrected chi connectivity index (χ1v) is 4.69. The Hall–Kier alpha value is -1.10. The number of unbranched alkanes of at least 4 members (excludes halogenated alkanes) is 1. The summed E-state index contributed by atoms with van der Waals surface area (Å²) in [6.07, 6.45) is 2.09. The van der Waals surface area contributed by atoms with E-state index in [1.54, 1.807) is 0 Å². The molecule has 2 atom stereocenters. The molecule has 0 heterocycles. The molecule has 0 aliphatic rings. The summed E-state index contributed by atoms with van der Waals surface area (Å²) in [5.74, 6) is -2.60. The molecule has 4 N–H and O–H groups in total. The predicted molar refractivity (Wildman–Crippen MR) is 50.9 cm³/mol. The van der Waals surface area contributed by atoms with Gasteiger partial charge in [-0.1, -0.05) is 19.8 Å². The Morgan fingerprint density at radius 1 is 1.36 bits per heavy atom. The van der Waals surface area contributed by atoms with Crippen molar-refractivity contribution >= 4 is 11.9 Å². The third kappa shape index (κ3) is 4.81. The largest absolute Gasteiger partial charge is 0.481 e. The van der Waals surface area contributed by atoms with Gasteiger partial charge in [0.25, 0.3) is 0 Å². The van der Waals surface area contributed by atoms with Crippen LogP contribution in [0.1, 0.15) is 32.6 Å². The fourth-order valence-corrected chi connectivity index (χ4v) is 1.30. The lowest BCUT2D eigenvalue weighted by Gasteiger charge is -2.18. The van der Waals surface area contributed by atoms with Gasteiger partial charge in [0.2, 0.25) is 0 Å². The van der Waals surface area contributed by atoms with Gasteiger partial charge in [0.05, 0.1) is 6.42 Å². The molecule has 82 valence electrons. The minimum absolute atomic E-state index is 0.173. The third-order valence-corrected chi connectivity index (χ3v) is 2.16. The second kappa shape index (κ2) is 6.37. The molecule has 14 heavy (non-hydrogen) atoms. The van der Waals surface area contributed by atoms with Crippen LogP contribution in [0.2, 0.25) is 0 Å². The van der Waals surface area contributed by atoms with Crippen LogP contribution in [-0.4, -0.2) is 28.2 Å². The van der Waals surface area contributed by atoms with E-state index in [2.05, 4.69) is 0 Å². The van der Waals surface area contributed by atoms with Crippen molar-refractivity contribution in [2.24, 2.45) is 11.7 Å². The maximum absolute atomic E-state index is 10.6. The van der Waals surface area contributed by atoms with E-state index in [0.29, 0.717) is 6.42 Å².